The van der Waals surface area contributed by atoms with E-state index in [9.17, 15) is 14.4 Å². The number of hydrogen-bond donors (Lipinski definition) is 0. The van der Waals surface area contributed by atoms with E-state index in [1.165, 1.54) is 109 Å². The number of allylic oxidation sites excluding steroid dienone is 18. The van der Waals surface area contributed by atoms with Crippen molar-refractivity contribution in [3.8, 4) is 0 Å². The largest absolute Gasteiger partial charge is 0.462 e. The second kappa shape index (κ2) is 56.7. The Kier molecular flexibility index (Phi) is 53.4. The SMILES string of the molecule is CC/C=C\C/C=C\C/C=C\C/C=C\C/C=C\CCCCCCCCCCCCCCCCCC(=O)OCC(COC(=O)CCCCCCCCC)OC(=O)CC/C=C\C/C=C\C/C=C\C/C=C\CC. The van der Waals surface area contributed by atoms with Crippen molar-refractivity contribution in [2.24, 2.45) is 0 Å². The highest BCUT2D eigenvalue weighted by molar-refractivity contribution is 5.71. The normalized spacial score (nSPS) is 12.9. The van der Waals surface area contributed by atoms with Crippen LogP contribution in [0.1, 0.15) is 252 Å². The second-order valence-electron chi connectivity index (χ2n) is 18.4. The molecule has 0 aliphatic rings. The summed E-state index contributed by atoms with van der Waals surface area (Å²) in [4.78, 5) is 37.8. The van der Waals surface area contributed by atoms with Crippen molar-refractivity contribution in [2.75, 3.05) is 13.2 Å². The molecule has 6 heteroatoms. The van der Waals surface area contributed by atoms with Gasteiger partial charge in [0, 0.05) is 19.3 Å². The Morgan fingerprint density at radius 3 is 0.942 bits per heavy atom. The van der Waals surface area contributed by atoms with Crippen LogP contribution >= 0.6 is 0 Å². The van der Waals surface area contributed by atoms with Gasteiger partial charge in [-0.1, -0.05) is 252 Å². The summed E-state index contributed by atoms with van der Waals surface area (Å²) in [5.74, 6) is -0.996. The molecule has 0 aromatic rings. The number of carbonyl (C=O) groups is 3. The molecule has 0 saturated heterocycles. The van der Waals surface area contributed by atoms with Crippen LogP contribution in [0.2, 0.25) is 0 Å². The van der Waals surface area contributed by atoms with Crippen molar-refractivity contribution in [1.82, 2.24) is 0 Å². The average Bonchev–Trinajstić information content (AvgIpc) is 3.35. The zero-order chi connectivity index (χ0) is 50.0. The van der Waals surface area contributed by atoms with Crippen LogP contribution in [0.15, 0.2) is 109 Å². The van der Waals surface area contributed by atoms with E-state index in [2.05, 4.69) is 118 Å². The summed E-state index contributed by atoms with van der Waals surface area (Å²) >= 11 is 0. The molecule has 0 heterocycles. The molecule has 0 aliphatic heterocycles. The van der Waals surface area contributed by atoms with Crippen LogP contribution in [0.5, 0.6) is 0 Å². The lowest BCUT2D eigenvalue weighted by atomic mass is 10.0. The maximum absolute atomic E-state index is 12.7. The Morgan fingerprint density at radius 2 is 0.594 bits per heavy atom. The number of ether oxygens (including phenoxy) is 3. The Balaban J connectivity index is 4.09. The lowest BCUT2D eigenvalue weighted by Gasteiger charge is -2.18. The smallest absolute Gasteiger partial charge is 0.306 e. The first kappa shape index (κ1) is 65.1. The first-order chi connectivity index (χ1) is 34.0. The summed E-state index contributed by atoms with van der Waals surface area (Å²) in [5.41, 5.74) is 0. The summed E-state index contributed by atoms with van der Waals surface area (Å²) in [5, 5.41) is 0. The molecule has 0 amide bonds. The van der Waals surface area contributed by atoms with Gasteiger partial charge in [0.1, 0.15) is 13.2 Å². The first-order valence-electron chi connectivity index (χ1n) is 28.4. The summed E-state index contributed by atoms with van der Waals surface area (Å²) in [6.07, 6.45) is 77.1. The molecular formula is C63H104O6. The molecule has 0 fully saturated rings. The van der Waals surface area contributed by atoms with E-state index in [4.69, 9.17) is 14.2 Å². The zero-order valence-electron chi connectivity index (χ0n) is 44.8. The highest BCUT2D eigenvalue weighted by Gasteiger charge is 2.19. The lowest BCUT2D eigenvalue weighted by Crippen LogP contribution is -2.30. The van der Waals surface area contributed by atoms with Crippen LogP contribution < -0.4 is 0 Å². The van der Waals surface area contributed by atoms with E-state index >= 15 is 0 Å². The molecule has 1 atom stereocenters. The van der Waals surface area contributed by atoms with Gasteiger partial charge in [0.25, 0.3) is 0 Å². The fourth-order valence-corrected chi connectivity index (χ4v) is 7.60. The van der Waals surface area contributed by atoms with Gasteiger partial charge in [0.2, 0.25) is 0 Å². The standard InChI is InChI=1S/C63H104O6/c1-4-7-10-13-16-18-20-22-23-24-25-26-27-28-29-30-31-32-33-34-35-36-37-38-39-41-42-44-47-50-53-56-62(65)68-59-60(58-67-61(64)55-52-49-46-15-12-9-6-3)69-63(66)57-54-51-48-45-43-40-21-19-17-14-11-8-5-2/h7-8,10-11,16-19,22-23,25-26,28-29,40,43,48,51,60H,4-6,9,12-15,20-21,24,27,30-39,41-42,44-47,49-50,52-59H2,1-3H3/b10-7-,11-8-,18-16-,19-17-,23-22-,26-25-,29-28-,43-40-,51-48-. The van der Waals surface area contributed by atoms with E-state index in [1.807, 2.05) is 12.2 Å². The van der Waals surface area contributed by atoms with Gasteiger partial charge in [-0.05, 0) is 89.9 Å². The third-order valence-corrected chi connectivity index (χ3v) is 11.8. The zero-order valence-corrected chi connectivity index (χ0v) is 44.8. The van der Waals surface area contributed by atoms with E-state index in [0.29, 0.717) is 19.3 Å². The Bertz CT molecular complexity index is 1420. The van der Waals surface area contributed by atoms with Gasteiger partial charge in [-0.25, -0.2) is 0 Å². The molecule has 0 aromatic carbocycles. The highest BCUT2D eigenvalue weighted by Crippen LogP contribution is 2.15. The fourth-order valence-electron chi connectivity index (χ4n) is 7.60. The van der Waals surface area contributed by atoms with Crippen molar-refractivity contribution in [3.05, 3.63) is 109 Å². The average molecular weight is 958 g/mol. The minimum Gasteiger partial charge on any atom is -0.462 e. The van der Waals surface area contributed by atoms with E-state index < -0.39 is 12.1 Å². The Labute approximate surface area is 425 Å². The van der Waals surface area contributed by atoms with Crippen molar-refractivity contribution in [2.45, 2.75) is 258 Å². The molecule has 1 unspecified atom stereocenters. The number of hydrogen-bond acceptors (Lipinski definition) is 6. The molecule has 0 saturated carbocycles. The molecule has 0 N–H and O–H groups in total. The van der Waals surface area contributed by atoms with Gasteiger partial charge < -0.3 is 14.2 Å². The number of esters is 3. The van der Waals surface area contributed by atoms with E-state index in [0.717, 1.165) is 96.3 Å². The Hall–Kier alpha value is -3.93. The molecule has 6 nitrogen and oxygen atoms in total. The molecule has 69 heavy (non-hydrogen) atoms. The molecule has 0 rings (SSSR count). The van der Waals surface area contributed by atoms with Crippen LogP contribution in [0.3, 0.4) is 0 Å². The quantitative estimate of drug-likeness (QED) is 0.0262. The molecule has 0 radical (unpaired) electrons. The highest BCUT2D eigenvalue weighted by atomic mass is 16.6. The van der Waals surface area contributed by atoms with Crippen LogP contribution in [-0.4, -0.2) is 37.2 Å². The third kappa shape index (κ3) is 54.9. The minimum absolute atomic E-state index is 0.105. The van der Waals surface area contributed by atoms with E-state index in [1.54, 1.807) is 0 Å². The lowest BCUT2D eigenvalue weighted by molar-refractivity contribution is -0.166. The number of carbonyl (C=O) groups excluding carboxylic acids is 3. The van der Waals surface area contributed by atoms with Crippen LogP contribution in [0.4, 0.5) is 0 Å². The third-order valence-electron chi connectivity index (χ3n) is 11.8. The van der Waals surface area contributed by atoms with Crippen LogP contribution in [0.25, 0.3) is 0 Å². The van der Waals surface area contributed by atoms with Crippen molar-refractivity contribution >= 4 is 17.9 Å². The van der Waals surface area contributed by atoms with Crippen molar-refractivity contribution < 1.29 is 28.6 Å². The summed E-state index contributed by atoms with van der Waals surface area (Å²) < 4.78 is 16.7. The van der Waals surface area contributed by atoms with Gasteiger partial charge in [-0.2, -0.15) is 0 Å². The molecule has 0 aliphatic carbocycles. The van der Waals surface area contributed by atoms with Gasteiger partial charge in [0.15, 0.2) is 6.10 Å². The summed E-state index contributed by atoms with van der Waals surface area (Å²) in [7, 11) is 0. The second-order valence-corrected chi connectivity index (χ2v) is 18.4. The van der Waals surface area contributed by atoms with Gasteiger partial charge >= 0.3 is 17.9 Å². The van der Waals surface area contributed by atoms with Gasteiger partial charge in [-0.15, -0.1) is 0 Å². The molecule has 0 spiro atoms. The van der Waals surface area contributed by atoms with Crippen LogP contribution in [-0.2, 0) is 28.6 Å². The van der Waals surface area contributed by atoms with Crippen molar-refractivity contribution in [1.29, 1.82) is 0 Å². The van der Waals surface area contributed by atoms with Gasteiger partial charge in [0.05, 0.1) is 0 Å². The molecule has 392 valence electrons. The maximum Gasteiger partial charge on any atom is 0.306 e. The number of rotatable bonds is 50. The number of unbranched alkanes of at least 4 members (excludes halogenated alkanes) is 21. The molecule has 0 bridgehead atoms. The topological polar surface area (TPSA) is 78.9 Å². The van der Waals surface area contributed by atoms with Gasteiger partial charge in [-0.3, -0.25) is 14.4 Å². The molecule has 0 aromatic heterocycles. The Morgan fingerprint density at radius 1 is 0.304 bits per heavy atom. The van der Waals surface area contributed by atoms with Crippen molar-refractivity contribution in [3.63, 3.8) is 0 Å². The van der Waals surface area contributed by atoms with Crippen LogP contribution in [0, 0.1) is 0 Å². The summed E-state index contributed by atoms with van der Waals surface area (Å²) in [6.45, 7) is 6.30. The minimum atomic E-state index is -0.812. The maximum atomic E-state index is 12.7. The predicted molar refractivity (Wildman–Crippen MR) is 297 cm³/mol. The molecular weight excluding hydrogens is 853 g/mol. The monoisotopic (exact) mass is 957 g/mol. The fraction of sp³-hybridized carbons (Fsp3) is 0.667. The van der Waals surface area contributed by atoms with E-state index in [-0.39, 0.29) is 31.6 Å². The first-order valence-corrected chi connectivity index (χ1v) is 28.4. The predicted octanol–water partition coefficient (Wildman–Crippen LogP) is 19.1. The summed E-state index contributed by atoms with van der Waals surface area (Å²) in [6, 6.07) is 0.